The van der Waals surface area contributed by atoms with Crippen molar-refractivity contribution in [2.45, 2.75) is 0 Å². The highest BCUT2D eigenvalue weighted by molar-refractivity contribution is 6.13. The van der Waals surface area contributed by atoms with Crippen LogP contribution in [0.1, 0.15) is 0 Å². The first-order chi connectivity index (χ1) is 27.7. The van der Waals surface area contributed by atoms with E-state index in [1.807, 2.05) is 24.3 Å². The summed E-state index contributed by atoms with van der Waals surface area (Å²) in [6.07, 6.45) is 0. The summed E-state index contributed by atoms with van der Waals surface area (Å²) >= 11 is 0. The van der Waals surface area contributed by atoms with E-state index in [0.717, 1.165) is 77.1 Å². The lowest BCUT2D eigenvalue weighted by Gasteiger charge is -2.12. The zero-order valence-electron chi connectivity index (χ0n) is 30.2. The molecular formula is C51H32N4O. The maximum absolute atomic E-state index is 6.51. The van der Waals surface area contributed by atoms with Crippen molar-refractivity contribution in [2.75, 3.05) is 0 Å². The lowest BCUT2D eigenvalue weighted by atomic mass is 9.97. The molecule has 262 valence electrons. The zero-order chi connectivity index (χ0) is 37.0. The molecule has 0 aliphatic heterocycles. The molecule has 0 aliphatic carbocycles. The van der Waals surface area contributed by atoms with Gasteiger partial charge in [-0.15, -0.1) is 0 Å². The smallest absolute Gasteiger partial charge is 0.238 e. The van der Waals surface area contributed by atoms with Crippen LogP contribution in [0.15, 0.2) is 199 Å². The Labute approximate surface area is 322 Å². The molecule has 0 amide bonds. The maximum Gasteiger partial charge on any atom is 0.238 e. The molecule has 5 heteroatoms. The molecule has 0 N–H and O–H groups in total. The fraction of sp³-hybridized carbons (Fsp3) is 0. The third-order valence-electron chi connectivity index (χ3n) is 10.7. The molecule has 11 aromatic rings. The minimum atomic E-state index is 0.553. The van der Waals surface area contributed by atoms with Crippen LogP contribution < -0.4 is 0 Å². The molecular weight excluding hydrogens is 685 g/mol. The molecule has 0 bridgehead atoms. The van der Waals surface area contributed by atoms with E-state index < -0.39 is 0 Å². The van der Waals surface area contributed by atoms with E-state index in [0.29, 0.717) is 17.6 Å². The van der Waals surface area contributed by atoms with E-state index in [9.17, 15) is 0 Å². The normalized spacial score (nSPS) is 11.6. The summed E-state index contributed by atoms with van der Waals surface area (Å²) in [5.74, 6) is 1.72. The Hall–Kier alpha value is -7.63. The van der Waals surface area contributed by atoms with Gasteiger partial charge in [-0.25, -0.2) is 4.98 Å². The first-order valence-electron chi connectivity index (χ1n) is 18.8. The second-order valence-corrected chi connectivity index (χ2v) is 14.0. The Morgan fingerprint density at radius 3 is 1.57 bits per heavy atom. The second-order valence-electron chi connectivity index (χ2n) is 14.0. The first kappa shape index (κ1) is 31.9. The fourth-order valence-electron chi connectivity index (χ4n) is 8.00. The lowest BCUT2D eigenvalue weighted by molar-refractivity contribution is 0.669. The number of rotatable bonds is 6. The number of benzene rings is 8. The standard InChI is InChI=1S/C51H32N4O/c1-3-13-33(14-4-1)35-25-27-36(28-26-35)49-52-50(54-51(53-49)55-44-22-9-7-19-40(44)41-20-8-10-23-45(41)55)42-21-12-24-47-48(42)43-32-39(29-30-46(43)56-47)38-18-11-17-37(31-38)34-15-5-2-6-16-34/h1-32H. The summed E-state index contributed by atoms with van der Waals surface area (Å²) in [4.78, 5) is 15.7. The van der Waals surface area contributed by atoms with Gasteiger partial charge in [0.15, 0.2) is 11.6 Å². The van der Waals surface area contributed by atoms with Crippen molar-refractivity contribution in [2.24, 2.45) is 0 Å². The molecule has 0 aliphatic rings. The van der Waals surface area contributed by atoms with Crippen molar-refractivity contribution in [3.63, 3.8) is 0 Å². The number of hydrogen-bond acceptors (Lipinski definition) is 4. The molecule has 0 spiro atoms. The molecule has 0 unspecified atom stereocenters. The number of para-hydroxylation sites is 2. The highest BCUT2D eigenvalue weighted by atomic mass is 16.3. The van der Waals surface area contributed by atoms with Crippen LogP contribution >= 0.6 is 0 Å². The van der Waals surface area contributed by atoms with Gasteiger partial charge in [-0.05, 0) is 69.8 Å². The number of aromatic nitrogens is 4. The predicted molar refractivity (Wildman–Crippen MR) is 229 cm³/mol. The number of nitrogens with zero attached hydrogens (tertiary/aromatic N) is 4. The van der Waals surface area contributed by atoms with Gasteiger partial charge in [0.25, 0.3) is 0 Å². The number of furan rings is 1. The van der Waals surface area contributed by atoms with Gasteiger partial charge < -0.3 is 4.42 Å². The molecule has 0 saturated carbocycles. The van der Waals surface area contributed by atoms with Crippen molar-refractivity contribution in [1.29, 1.82) is 0 Å². The van der Waals surface area contributed by atoms with Crippen LogP contribution in [-0.2, 0) is 0 Å². The monoisotopic (exact) mass is 716 g/mol. The van der Waals surface area contributed by atoms with Gasteiger partial charge in [0.1, 0.15) is 11.2 Å². The molecule has 0 fully saturated rings. The van der Waals surface area contributed by atoms with Crippen LogP contribution in [0, 0.1) is 0 Å². The van der Waals surface area contributed by atoms with E-state index in [1.54, 1.807) is 0 Å². The molecule has 5 nitrogen and oxygen atoms in total. The lowest BCUT2D eigenvalue weighted by Crippen LogP contribution is -2.06. The van der Waals surface area contributed by atoms with Crippen LogP contribution in [-0.4, -0.2) is 19.5 Å². The van der Waals surface area contributed by atoms with Crippen molar-refractivity contribution in [3.05, 3.63) is 194 Å². The Bertz CT molecular complexity index is 3180. The highest BCUT2D eigenvalue weighted by Gasteiger charge is 2.21. The van der Waals surface area contributed by atoms with Gasteiger partial charge in [-0.3, -0.25) is 4.57 Å². The second kappa shape index (κ2) is 13.0. The van der Waals surface area contributed by atoms with Crippen LogP contribution in [0.25, 0.3) is 106 Å². The van der Waals surface area contributed by atoms with E-state index in [1.165, 1.54) is 11.1 Å². The van der Waals surface area contributed by atoms with Crippen LogP contribution in [0.4, 0.5) is 0 Å². The number of hydrogen-bond donors (Lipinski definition) is 0. The Kier molecular flexibility index (Phi) is 7.42. The summed E-state index contributed by atoms with van der Waals surface area (Å²) in [6, 6.07) is 67.5. The first-order valence-corrected chi connectivity index (χ1v) is 18.8. The Morgan fingerprint density at radius 1 is 0.339 bits per heavy atom. The minimum Gasteiger partial charge on any atom is -0.456 e. The van der Waals surface area contributed by atoms with Crippen LogP contribution in [0.2, 0.25) is 0 Å². The summed E-state index contributed by atoms with van der Waals surface area (Å²) in [6.45, 7) is 0. The molecule has 8 aromatic carbocycles. The Balaban J connectivity index is 1.12. The van der Waals surface area contributed by atoms with E-state index in [4.69, 9.17) is 19.4 Å². The summed E-state index contributed by atoms with van der Waals surface area (Å²) < 4.78 is 8.67. The molecule has 11 rings (SSSR count). The quantitative estimate of drug-likeness (QED) is 0.172. The third-order valence-corrected chi connectivity index (χ3v) is 10.7. The van der Waals surface area contributed by atoms with Gasteiger partial charge in [0.05, 0.1) is 11.0 Å². The highest BCUT2D eigenvalue weighted by Crippen LogP contribution is 2.39. The molecule has 3 aromatic heterocycles. The fourth-order valence-corrected chi connectivity index (χ4v) is 8.00. The van der Waals surface area contributed by atoms with Gasteiger partial charge >= 0.3 is 0 Å². The summed E-state index contributed by atoms with van der Waals surface area (Å²) in [5.41, 5.74) is 12.3. The van der Waals surface area contributed by atoms with Gasteiger partial charge in [0.2, 0.25) is 5.95 Å². The largest absolute Gasteiger partial charge is 0.456 e. The average Bonchev–Trinajstić information content (AvgIpc) is 3.83. The van der Waals surface area contributed by atoms with Crippen molar-refractivity contribution in [3.8, 4) is 62.1 Å². The predicted octanol–water partition coefficient (Wildman–Crippen LogP) is 13.2. The van der Waals surface area contributed by atoms with E-state index in [-0.39, 0.29) is 0 Å². The van der Waals surface area contributed by atoms with Crippen molar-refractivity contribution >= 4 is 43.7 Å². The minimum absolute atomic E-state index is 0.553. The topological polar surface area (TPSA) is 56.7 Å². The van der Waals surface area contributed by atoms with E-state index >= 15 is 0 Å². The van der Waals surface area contributed by atoms with E-state index in [2.05, 4.69) is 174 Å². The SMILES string of the molecule is c1ccc(-c2ccc(-c3nc(-c4cccc5oc6ccc(-c7cccc(-c8ccccc8)c7)cc6c45)nc(-n4c5ccccc5c5ccccc54)n3)cc2)cc1. The molecule has 0 atom stereocenters. The van der Waals surface area contributed by atoms with Gasteiger partial charge in [-0.1, -0.05) is 158 Å². The Morgan fingerprint density at radius 2 is 0.857 bits per heavy atom. The van der Waals surface area contributed by atoms with Crippen molar-refractivity contribution < 1.29 is 4.42 Å². The van der Waals surface area contributed by atoms with Gasteiger partial charge in [-0.2, -0.15) is 9.97 Å². The van der Waals surface area contributed by atoms with Gasteiger partial charge in [0, 0.05) is 32.7 Å². The molecule has 3 heterocycles. The number of fused-ring (bicyclic) bond motifs is 6. The van der Waals surface area contributed by atoms with Crippen molar-refractivity contribution in [1.82, 2.24) is 19.5 Å². The molecule has 56 heavy (non-hydrogen) atoms. The summed E-state index contributed by atoms with van der Waals surface area (Å²) in [5, 5.41) is 4.26. The summed E-state index contributed by atoms with van der Waals surface area (Å²) in [7, 11) is 0. The molecule has 0 radical (unpaired) electrons. The van der Waals surface area contributed by atoms with Crippen LogP contribution in [0.3, 0.4) is 0 Å². The average molecular weight is 717 g/mol. The van der Waals surface area contributed by atoms with Crippen LogP contribution in [0.5, 0.6) is 0 Å². The molecule has 0 saturated heterocycles. The zero-order valence-corrected chi connectivity index (χ0v) is 30.2. The third kappa shape index (κ3) is 5.37. The maximum atomic E-state index is 6.51.